The second-order valence-electron chi connectivity index (χ2n) is 3.59. The first kappa shape index (κ1) is 10.9. The van der Waals surface area contributed by atoms with Crippen LogP contribution in [0.1, 0.15) is 21.5 Å². The topological polar surface area (TPSA) is 37.3 Å². The fraction of sp³-hybridized carbons (Fsp3) is 0.154. The van der Waals surface area contributed by atoms with Gasteiger partial charge >= 0.3 is 5.97 Å². The van der Waals surface area contributed by atoms with Crippen molar-refractivity contribution in [1.82, 2.24) is 0 Å². The van der Waals surface area contributed by atoms with E-state index in [1.54, 1.807) is 23.5 Å². The minimum absolute atomic E-state index is 0.415. The van der Waals surface area contributed by atoms with E-state index in [0.717, 1.165) is 18.4 Å². The van der Waals surface area contributed by atoms with Gasteiger partial charge in [-0.1, -0.05) is 18.2 Å². The predicted octanol–water partition coefficient (Wildman–Crippen LogP) is 3.23. The number of carbonyl (C=O) groups is 1. The quantitative estimate of drug-likeness (QED) is 0.878. The minimum Gasteiger partial charge on any atom is -0.478 e. The van der Waals surface area contributed by atoms with Gasteiger partial charge in [0.05, 0.1) is 5.56 Å². The molecular weight excluding hydrogens is 220 g/mol. The molecule has 0 saturated heterocycles. The molecule has 0 fully saturated rings. The van der Waals surface area contributed by atoms with Gasteiger partial charge in [0.25, 0.3) is 0 Å². The summed E-state index contributed by atoms with van der Waals surface area (Å²) in [6.45, 7) is 0. The first-order valence-electron chi connectivity index (χ1n) is 5.09. The van der Waals surface area contributed by atoms with Crippen LogP contribution in [0, 0.1) is 0 Å². The molecule has 0 atom stereocenters. The highest BCUT2D eigenvalue weighted by Crippen LogP contribution is 2.14. The van der Waals surface area contributed by atoms with Crippen molar-refractivity contribution in [1.29, 1.82) is 0 Å². The molecule has 1 N–H and O–H groups in total. The maximum Gasteiger partial charge on any atom is 0.335 e. The molecule has 2 aromatic rings. The van der Waals surface area contributed by atoms with Crippen LogP contribution in [0.25, 0.3) is 0 Å². The zero-order valence-electron chi connectivity index (χ0n) is 8.72. The molecule has 2 rings (SSSR count). The highest BCUT2D eigenvalue weighted by atomic mass is 32.1. The molecule has 1 heterocycles. The Bertz CT molecular complexity index is 474. The van der Waals surface area contributed by atoms with Gasteiger partial charge in [-0.25, -0.2) is 4.79 Å². The maximum atomic E-state index is 11.0. The molecule has 0 saturated carbocycles. The predicted molar refractivity (Wildman–Crippen MR) is 65.1 cm³/mol. The Morgan fingerprint density at radius 3 is 2.69 bits per heavy atom. The van der Waals surface area contributed by atoms with Crippen LogP contribution in [0.4, 0.5) is 0 Å². The number of rotatable bonds is 4. The standard InChI is InChI=1S/C13H12O2S/c14-13(15)12-4-2-1-3-11(12)6-5-10-7-8-16-9-10/h1-4,7-9H,5-6H2,(H,14,15). The number of carboxylic acid groups (broad SMARTS) is 1. The third kappa shape index (κ3) is 2.49. The molecule has 3 heteroatoms. The number of hydrogen-bond donors (Lipinski definition) is 1. The molecular formula is C13H12O2S. The van der Waals surface area contributed by atoms with Crippen LogP contribution in [0.15, 0.2) is 41.1 Å². The second-order valence-corrected chi connectivity index (χ2v) is 4.37. The van der Waals surface area contributed by atoms with Gasteiger partial charge in [-0.2, -0.15) is 11.3 Å². The van der Waals surface area contributed by atoms with E-state index in [1.807, 2.05) is 17.5 Å². The minimum atomic E-state index is -0.846. The maximum absolute atomic E-state index is 11.0. The molecule has 16 heavy (non-hydrogen) atoms. The molecule has 82 valence electrons. The van der Waals surface area contributed by atoms with E-state index < -0.39 is 5.97 Å². The Kier molecular flexibility index (Phi) is 3.37. The largest absolute Gasteiger partial charge is 0.478 e. The van der Waals surface area contributed by atoms with Crippen molar-refractivity contribution in [2.24, 2.45) is 0 Å². The smallest absolute Gasteiger partial charge is 0.335 e. The first-order valence-corrected chi connectivity index (χ1v) is 6.04. The fourth-order valence-electron chi connectivity index (χ4n) is 1.66. The lowest BCUT2D eigenvalue weighted by Crippen LogP contribution is -2.03. The van der Waals surface area contributed by atoms with Crippen molar-refractivity contribution in [3.8, 4) is 0 Å². The van der Waals surface area contributed by atoms with Crippen molar-refractivity contribution < 1.29 is 9.90 Å². The zero-order chi connectivity index (χ0) is 11.4. The van der Waals surface area contributed by atoms with Crippen LogP contribution in [0.2, 0.25) is 0 Å². The third-order valence-corrected chi connectivity index (χ3v) is 3.24. The SMILES string of the molecule is O=C(O)c1ccccc1CCc1ccsc1. The second kappa shape index (κ2) is 4.94. The highest BCUT2D eigenvalue weighted by molar-refractivity contribution is 7.07. The number of carboxylic acids is 1. The fourth-order valence-corrected chi connectivity index (χ4v) is 2.36. The number of aromatic carboxylic acids is 1. The molecule has 0 amide bonds. The Morgan fingerprint density at radius 2 is 2.00 bits per heavy atom. The van der Waals surface area contributed by atoms with Gasteiger partial charge in [-0.05, 0) is 46.9 Å². The average molecular weight is 232 g/mol. The summed E-state index contributed by atoms with van der Waals surface area (Å²) in [6, 6.07) is 9.27. The Hall–Kier alpha value is -1.61. The monoisotopic (exact) mass is 232 g/mol. The summed E-state index contributed by atoms with van der Waals surface area (Å²) in [7, 11) is 0. The Morgan fingerprint density at radius 1 is 1.19 bits per heavy atom. The van der Waals surface area contributed by atoms with Crippen LogP contribution < -0.4 is 0 Å². The van der Waals surface area contributed by atoms with Crippen molar-refractivity contribution in [2.45, 2.75) is 12.8 Å². The number of hydrogen-bond acceptors (Lipinski definition) is 2. The molecule has 0 unspecified atom stereocenters. The summed E-state index contributed by atoms with van der Waals surface area (Å²) < 4.78 is 0. The van der Waals surface area contributed by atoms with Crippen LogP contribution in [0.3, 0.4) is 0 Å². The van der Waals surface area contributed by atoms with E-state index in [4.69, 9.17) is 5.11 Å². The van der Waals surface area contributed by atoms with Crippen LogP contribution >= 0.6 is 11.3 Å². The lowest BCUT2D eigenvalue weighted by molar-refractivity contribution is 0.0695. The molecule has 1 aromatic carbocycles. The Balaban J connectivity index is 2.12. The van der Waals surface area contributed by atoms with Crippen molar-refractivity contribution in [2.75, 3.05) is 0 Å². The number of thiophene rings is 1. The summed E-state index contributed by atoms with van der Waals surface area (Å²) in [4.78, 5) is 11.0. The van der Waals surface area contributed by atoms with E-state index in [-0.39, 0.29) is 0 Å². The number of benzene rings is 1. The van der Waals surface area contributed by atoms with Crippen molar-refractivity contribution >= 4 is 17.3 Å². The Labute approximate surface area is 98.2 Å². The van der Waals surface area contributed by atoms with Gasteiger partial charge in [0.2, 0.25) is 0 Å². The number of aryl methyl sites for hydroxylation is 2. The molecule has 0 aliphatic carbocycles. The van der Waals surface area contributed by atoms with E-state index in [0.29, 0.717) is 5.56 Å². The van der Waals surface area contributed by atoms with Gasteiger partial charge in [0.15, 0.2) is 0 Å². The van der Waals surface area contributed by atoms with Crippen molar-refractivity contribution in [3.05, 3.63) is 57.8 Å². The van der Waals surface area contributed by atoms with Crippen LogP contribution in [0.5, 0.6) is 0 Å². The summed E-state index contributed by atoms with van der Waals surface area (Å²) in [6.07, 6.45) is 1.67. The van der Waals surface area contributed by atoms with Gasteiger partial charge in [0.1, 0.15) is 0 Å². The lowest BCUT2D eigenvalue weighted by atomic mass is 10.0. The van der Waals surface area contributed by atoms with Gasteiger partial charge in [-0.15, -0.1) is 0 Å². The summed E-state index contributed by atoms with van der Waals surface area (Å²) in [5.74, 6) is -0.846. The molecule has 2 nitrogen and oxygen atoms in total. The van der Waals surface area contributed by atoms with Gasteiger partial charge < -0.3 is 5.11 Å². The van der Waals surface area contributed by atoms with E-state index in [9.17, 15) is 4.79 Å². The van der Waals surface area contributed by atoms with E-state index >= 15 is 0 Å². The lowest BCUT2D eigenvalue weighted by Gasteiger charge is -2.04. The van der Waals surface area contributed by atoms with Crippen LogP contribution in [-0.2, 0) is 12.8 Å². The first-order chi connectivity index (χ1) is 7.77. The van der Waals surface area contributed by atoms with E-state index in [1.165, 1.54) is 5.56 Å². The average Bonchev–Trinajstić information content (AvgIpc) is 2.79. The highest BCUT2D eigenvalue weighted by Gasteiger charge is 2.08. The summed E-state index contributed by atoms with van der Waals surface area (Å²) in [5.41, 5.74) is 2.59. The molecule has 0 spiro atoms. The molecule has 0 aliphatic rings. The third-order valence-electron chi connectivity index (χ3n) is 2.51. The molecule has 0 radical (unpaired) electrons. The molecule has 0 aliphatic heterocycles. The summed E-state index contributed by atoms with van der Waals surface area (Å²) in [5, 5.41) is 13.2. The van der Waals surface area contributed by atoms with Crippen molar-refractivity contribution in [3.63, 3.8) is 0 Å². The normalized spacial score (nSPS) is 10.2. The molecule has 1 aromatic heterocycles. The molecule has 0 bridgehead atoms. The summed E-state index contributed by atoms with van der Waals surface area (Å²) >= 11 is 1.67. The van der Waals surface area contributed by atoms with Gasteiger partial charge in [-0.3, -0.25) is 0 Å². The van der Waals surface area contributed by atoms with Crippen LogP contribution in [-0.4, -0.2) is 11.1 Å². The van der Waals surface area contributed by atoms with Gasteiger partial charge in [0, 0.05) is 0 Å². The van der Waals surface area contributed by atoms with E-state index in [2.05, 4.69) is 11.4 Å². The zero-order valence-corrected chi connectivity index (χ0v) is 9.54.